The smallest absolute Gasteiger partial charge is 0.270 e. The van der Waals surface area contributed by atoms with Gasteiger partial charge in [-0.15, -0.1) is 0 Å². The number of nitro groups is 1. The zero-order valence-corrected chi connectivity index (χ0v) is 15.6. The van der Waals surface area contributed by atoms with Crippen molar-refractivity contribution >= 4 is 21.6 Å². The van der Waals surface area contributed by atoms with E-state index < -0.39 is 21.0 Å². The van der Waals surface area contributed by atoms with Gasteiger partial charge in [0.25, 0.3) is 5.69 Å². The summed E-state index contributed by atoms with van der Waals surface area (Å²) in [5, 5.41) is 11.1. The van der Waals surface area contributed by atoms with Crippen molar-refractivity contribution in [2.24, 2.45) is 0 Å². The number of benzene rings is 1. The number of carbonyl (C=O) groups excluding carboxylic acids is 1. The van der Waals surface area contributed by atoms with E-state index in [1.54, 1.807) is 11.8 Å². The highest BCUT2D eigenvalue weighted by molar-refractivity contribution is 7.89. The van der Waals surface area contributed by atoms with Gasteiger partial charge in [-0.05, 0) is 38.2 Å². The van der Waals surface area contributed by atoms with Gasteiger partial charge in [-0.3, -0.25) is 14.9 Å². The number of piperidine rings is 1. The number of aryl methyl sites for hydroxylation is 1. The Morgan fingerprint density at radius 2 is 1.81 bits per heavy atom. The Bertz CT molecular complexity index is 818. The summed E-state index contributed by atoms with van der Waals surface area (Å²) in [6.45, 7) is 3.20. The third-order valence-corrected chi connectivity index (χ3v) is 7.18. The molecule has 0 bridgehead atoms. The minimum atomic E-state index is -3.99. The summed E-state index contributed by atoms with van der Waals surface area (Å²) in [4.78, 5) is 24.9. The zero-order valence-electron chi connectivity index (χ0n) is 14.8. The van der Waals surface area contributed by atoms with E-state index in [1.807, 2.05) is 0 Å². The molecular formula is C17H23N3O5S. The van der Waals surface area contributed by atoms with Gasteiger partial charge >= 0.3 is 0 Å². The van der Waals surface area contributed by atoms with Crippen molar-refractivity contribution in [1.82, 2.24) is 9.21 Å². The summed E-state index contributed by atoms with van der Waals surface area (Å²) in [5.74, 6) is -0.145. The SMILES string of the molecule is Cc1ccc([N+](=O)[O-])cc1S(=O)(=O)N1CCCC[C@H]1C(=O)N1CCCC1. The number of sulfonamides is 1. The highest BCUT2D eigenvalue weighted by atomic mass is 32.2. The van der Waals surface area contributed by atoms with Crippen molar-refractivity contribution in [3.05, 3.63) is 33.9 Å². The number of rotatable bonds is 4. The monoisotopic (exact) mass is 381 g/mol. The van der Waals surface area contributed by atoms with E-state index >= 15 is 0 Å². The standard InChI is InChI=1S/C17H23N3O5S/c1-13-7-8-14(20(22)23)12-16(13)26(24,25)19-11-3-2-6-15(19)17(21)18-9-4-5-10-18/h7-8,12,15H,2-6,9-11H2,1H3/t15-/m0/s1. The minimum Gasteiger partial charge on any atom is -0.341 e. The number of hydrogen-bond donors (Lipinski definition) is 0. The Morgan fingerprint density at radius 1 is 1.15 bits per heavy atom. The van der Waals surface area contributed by atoms with Gasteiger partial charge in [0, 0.05) is 31.8 Å². The van der Waals surface area contributed by atoms with Crippen molar-refractivity contribution < 1.29 is 18.1 Å². The Hall–Kier alpha value is -2.00. The van der Waals surface area contributed by atoms with Gasteiger partial charge in [-0.2, -0.15) is 4.31 Å². The second kappa shape index (κ2) is 7.32. The van der Waals surface area contributed by atoms with Crippen LogP contribution < -0.4 is 0 Å². The Morgan fingerprint density at radius 3 is 2.46 bits per heavy atom. The van der Waals surface area contributed by atoms with Crippen molar-refractivity contribution in [1.29, 1.82) is 0 Å². The molecule has 142 valence electrons. The third-order valence-electron chi connectivity index (χ3n) is 5.13. The molecule has 0 unspecified atom stereocenters. The van der Waals surface area contributed by atoms with Crippen molar-refractivity contribution in [3.8, 4) is 0 Å². The molecule has 8 nitrogen and oxygen atoms in total. The molecule has 2 fully saturated rings. The van der Waals surface area contributed by atoms with Crippen LogP contribution in [0.4, 0.5) is 5.69 Å². The number of amides is 1. The minimum absolute atomic E-state index is 0.0900. The highest BCUT2D eigenvalue weighted by Crippen LogP contribution is 2.30. The Kier molecular flexibility index (Phi) is 5.29. The molecule has 0 aliphatic carbocycles. The molecule has 0 spiro atoms. The number of likely N-dealkylation sites (tertiary alicyclic amines) is 1. The lowest BCUT2D eigenvalue weighted by Crippen LogP contribution is -2.52. The predicted molar refractivity (Wildman–Crippen MR) is 95.2 cm³/mol. The molecule has 1 aromatic carbocycles. The molecule has 2 aliphatic heterocycles. The molecule has 1 amide bonds. The normalized spacial score (nSPS) is 21.7. The second-order valence-electron chi connectivity index (χ2n) is 6.87. The summed E-state index contributed by atoms with van der Waals surface area (Å²) < 4.78 is 27.7. The van der Waals surface area contributed by atoms with E-state index in [-0.39, 0.29) is 23.0 Å². The van der Waals surface area contributed by atoms with E-state index in [9.17, 15) is 23.3 Å². The first-order valence-corrected chi connectivity index (χ1v) is 10.3. The van der Waals surface area contributed by atoms with Gasteiger partial charge in [-0.1, -0.05) is 12.5 Å². The van der Waals surface area contributed by atoms with Crippen LogP contribution in [-0.2, 0) is 14.8 Å². The molecule has 0 radical (unpaired) electrons. The van der Waals surface area contributed by atoms with E-state index in [0.717, 1.165) is 25.3 Å². The molecule has 9 heteroatoms. The highest BCUT2D eigenvalue weighted by Gasteiger charge is 2.40. The lowest BCUT2D eigenvalue weighted by atomic mass is 10.0. The number of carbonyl (C=O) groups is 1. The maximum Gasteiger partial charge on any atom is 0.270 e. The van der Waals surface area contributed by atoms with Crippen LogP contribution in [0, 0.1) is 17.0 Å². The van der Waals surface area contributed by atoms with E-state index in [0.29, 0.717) is 31.5 Å². The first-order chi connectivity index (χ1) is 12.3. The largest absolute Gasteiger partial charge is 0.341 e. The summed E-state index contributed by atoms with van der Waals surface area (Å²) >= 11 is 0. The topological polar surface area (TPSA) is 101 Å². The quantitative estimate of drug-likeness (QED) is 0.587. The number of nitro benzene ring substituents is 1. The number of hydrogen-bond acceptors (Lipinski definition) is 5. The molecular weight excluding hydrogens is 358 g/mol. The summed E-state index contributed by atoms with van der Waals surface area (Å²) in [6.07, 6.45) is 3.84. The van der Waals surface area contributed by atoms with Crippen LogP contribution in [0.15, 0.2) is 23.1 Å². The lowest BCUT2D eigenvalue weighted by molar-refractivity contribution is -0.385. The van der Waals surface area contributed by atoms with E-state index in [4.69, 9.17) is 0 Å². The molecule has 2 aliphatic rings. The van der Waals surface area contributed by atoms with Gasteiger partial charge in [0.15, 0.2) is 0 Å². The van der Waals surface area contributed by atoms with E-state index in [1.165, 1.54) is 16.4 Å². The van der Waals surface area contributed by atoms with Crippen LogP contribution in [0.3, 0.4) is 0 Å². The first-order valence-electron chi connectivity index (χ1n) is 8.88. The van der Waals surface area contributed by atoms with Crippen LogP contribution in [0.5, 0.6) is 0 Å². The molecule has 1 atom stereocenters. The van der Waals surface area contributed by atoms with Gasteiger partial charge in [-0.25, -0.2) is 8.42 Å². The molecule has 3 rings (SSSR count). The number of non-ortho nitro benzene ring substituents is 1. The predicted octanol–water partition coefficient (Wildman–Crippen LogP) is 2.07. The summed E-state index contributed by atoms with van der Waals surface area (Å²) in [5.41, 5.74) is 0.169. The van der Waals surface area contributed by atoms with Crippen LogP contribution in [0.1, 0.15) is 37.7 Å². The van der Waals surface area contributed by atoms with Crippen molar-refractivity contribution in [3.63, 3.8) is 0 Å². The molecule has 0 N–H and O–H groups in total. The summed E-state index contributed by atoms with van der Waals surface area (Å²) in [7, 11) is -3.99. The van der Waals surface area contributed by atoms with E-state index in [2.05, 4.69) is 0 Å². The molecule has 0 aromatic heterocycles. The first kappa shape index (κ1) is 18.8. The average Bonchev–Trinajstić information content (AvgIpc) is 3.15. The third kappa shape index (κ3) is 3.45. The molecule has 26 heavy (non-hydrogen) atoms. The average molecular weight is 381 g/mol. The second-order valence-corrected chi connectivity index (χ2v) is 8.73. The van der Waals surface area contributed by atoms with Gasteiger partial charge in [0.05, 0.1) is 9.82 Å². The van der Waals surface area contributed by atoms with Crippen LogP contribution >= 0.6 is 0 Å². The fraction of sp³-hybridized carbons (Fsp3) is 0.588. The van der Waals surface area contributed by atoms with Crippen LogP contribution in [0.25, 0.3) is 0 Å². The van der Waals surface area contributed by atoms with Crippen LogP contribution in [-0.4, -0.2) is 54.1 Å². The molecule has 1 aromatic rings. The zero-order chi connectivity index (χ0) is 18.9. The fourth-order valence-corrected chi connectivity index (χ4v) is 5.59. The molecule has 2 heterocycles. The number of nitrogens with zero attached hydrogens (tertiary/aromatic N) is 3. The van der Waals surface area contributed by atoms with Gasteiger partial charge in [0.1, 0.15) is 6.04 Å². The molecule has 0 saturated carbocycles. The maximum absolute atomic E-state index is 13.2. The maximum atomic E-state index is 13.2. The van der Waals surface area contributed by atoms with Crippen molar-refractivity contribution in [2.45, 2.75) is 50.0 Å². The Balaban J connectivity index is 1.97. The lowest BCUT2D eigenvalue weighted by Gasteiger charge is -2.36. The van der Waals surface area contributed by atoms with Crippen LogP contribution in [0.2, 0.25) is 0 Å². The summed E-state index contributed by atoms with van der Waals surface area (Å²) in [6, 6.07) is 3.10. The Labute approximate surface area is 153 Å². The van der Waals surface area contributed by atoms with Gasteiger partial charge in [0.2, 0.25) is 15.9 Å². The fourth-order valence-electron chi connectivity index (χ4n) is 3.69. The van der Waals surface area contributed by atoms with Crippen molar-refractivity contribution in [2.75, 3.05) is 19.6 Å². The molecule has 2 saturated heterocycles. The van der Waals surface area contributed by atoms with Gasteiger partial charge < -0.3 is 4.90 Å².